The van der Waals surface area contributed by atoms with Crippen LogP contribution in [-0.4, -0.2) is 11.2 Å². The molecule has 0 radical (unpaired) electrons. The molecule has 0 bridgehead atoms. The Kier molecular flexibility index (Phi) is 4.93. The molecule has 0 aliphatic heterocycles. The summed E-state index contributed by atoms with van der Waals surface area (Å²) in [7, 11) is 0. The van der Waals surface area contributed by atoms with Crippen molar-refractivity contribution in [2.75, 3.05) is 0 Å². The van der Waals surface area contributed by atoms with Crippen LogP contribution in [0.4, 0.5) is 5.69 Å². The molecule has 0 amide bonds. The first kappa shape index (κ1) is 15.5. The number of nitro benzene ring substituents is 1. The van der Waals surface area contributed by atoms with E-state index in [-0.39, 0.29) is 23.6 Å². The Morgan fingerprint density at radius 3 is 2.67 bits per heavy atom. The molecule has 0 aliphatic rings. The van der Waals surface area contributed by atoms with E-state index in [1.54, 1.807) is 12.1 Å². The molecule has 108 valence electrons. The van der Waals surface area contributed by atoms with Crippen molar-refractivity contribution in [2.45, 2.75) is 6.61 Å². The van der Waals surface area contributed by atoms with Crippen LogP contribution in [0.2, 0.25) is 5.02 Å². The number of benzene rings is 2. The van der Waals surface area contributed by atoms with Gasteiger partial charge in [-0.25, -0.2) is 0 Å². The van der Waals surface area contributed by atoms with E-state index in [1.165, 1.54) is 18.2 Å². The molecule has 7 heteroatoms. The summed E-state index contributed by atoms with van der Waals surface area (Å²) in [5, 5.41) is 11.2. The highest BCUT2D eigenvalue weighted by Crippen LogP contribution is 2.26. The summed E-state index contributed by atoms with van der Waals surface area (Å²) in [6.07, 6.45) is 0.519. The van der Waals surface area contributed by atoms with Crippen molar-refractivity contribution in [1.82, 2.24) is 0 Å². The highest BCUT2D eigenvalue weighted by molar-refractivity contribution is 9.10. The van der Waals surface area contributed by atoms with E-state index in [0.29, 0.717) is 11.3 Å². The Labute approximate surface area is 133 Å². The number of hydrogen-bond donors (Lipinski definition) is 0. The van der Waals surface area contributed by atoms with Crippen LogP contribution in [0.25, 0.3) is 0 Å². The molecule has 0 N–H and O–H groups in total. The molecule has 0 unspecified atom stereocenters. The number of nitro groups is 1. The maximum Gasteiger partial charge on any atom is 0.270 e. The van der Waals surface area contributed by atoms with Gasteiger partial charge in [-0.15, -0.1) is 0 Å². The number of non-ortho nitro benzene ring substituents is 1. The van der Waals surface area contributed by atoms with Crippen LogP contribution in [0, 0.1) is 10.1 Å². The Balaban J connectivity index is 2.19. The van der Waals surface area contributed by atoms with Crippen LogP contribution in [0.5, 0.6) is 5.75 Å². The molecule has 21 heavy (non-hydrogen) atoms. The second-order valence-electron chi connectivity index (χ2n) is 4.12. The Morgan fingerprint density at radius 1 is 1.29 bits per heavy atom. The Morgan fingerprint density at radius 2 is 2.05 bits per heavy atom. The molecule has 0 fully saturated rings. The number of aldehydes is 1. The zero-order valence-corrected chi connectivity index (χ0v) is 12.9. The maximum absolute atomic E-state index is 11.0. The molecule has 0 aromatic heterocycles. The first-order valence-electron chi connectivity index (χ1n) is 5.81. The first-order valence-corrected chi connectivity index (χ1v) is 6.98. The van der Waals surface area contributed by atoms with E-state index in [4.69, 9.17) is 16.3 Å². The van der Waals surface area contributed by atoms with Gasteiger partial charge in [-0.1, -0.05) is 33.6 Å². The molecule has 0 saturated carbocycles. The maximum atomic E-state index is 11.0. The normalized spacial score (nSPS) is 10.2. The molecule has 5 nitrogen and oxygen atoms in total. The van der Waals surface area contributed by atoms with Crippen molar-refractivity contribution in [3.05, 3.63) is 67.1 Å². The highest BCUT2D eigenvalue weighted by atomic mass is 79.9. The SMILES string of the molecule is O=Cc1cc([N+](=O)[O-])ccc1OCc1ccc(Br)cc1Cl. The lowest BCUT2D eigenvalue weighted by Gasteiger charge is -2.09. The van der Waals surface area contributed by atoms with Gasteiger partial charge >= 0.3 is 0 Å². The summed E-state index contributed by atoms with van der Waals surface area (Å²) in [5.74, 6) is 0.273. The number of ether oxygens (including phenoxy) is 1. The number of carbonyl (C=O) groups is 1. The number of halogens is 2. The van der Waals surface area contributed by atoms with Crippen LogP contribution >= 0.6 is 27.5 Å². The number of nitrogens with zero attached hydrogens (tertiary/aromatic N) is 1. The number of carbonyl (C=O) groups excluding carboxylic acids is 1. The molecular formula is C14H9BrClNO4. The van der Waals surface area contributed by atoms with Gasteiger partial charge in [-0.05, 0) is 18.2 Å². The topological polar surface area (TPSA) is 69.4 Å². The molecule has 2 aromatic carbocycles. The number of hydrogen-bond acceptors (Lipinski definition) is 4. The van der Waals surface area contributed by atoms with Crippen molar-refractivity contribution < 1.29 is 14.5 Å². The Hall–Kier alpha value is -1.92. The predicted octanol–water partition coefficient (Wildman–Crippen LogP) is 4.40. The lowest BCUT2D eigenvalue weighted by Crippen LogP contribution is -2.00. The van der Waals surface area contributed by atoms with Crippen molar-refractivity contribution in [3.63, 3.8) is 0 Å². The second kappa shape index (κ2) is 6.69. The van der Waals surface area contributed by atoms with Gasteiger partial charge in [0, 0.05) is 27.2 Å². The van der Waals surface area contributed by atoms with Gasteiger partial charge in [0.05, 0.1) is 10.5 Å². The molecule has 0 spiro atoms. The van der Waals surface area contributed by atoms with E-state index in [1.807, 2.05) is 6.07 Å². The molecule has 0 atom stereocenters. The van der Waals surface area contributed by atoms with Crippen LogP contribution in [0.1, 0.15) is 15.9 Å². The van der Waals surface area contributed by atoms with Crippen molar-refractivity contribution in [2.24, 2.45) is 0 Å². The van der Waals surface area contributed by atoms with E-state index < -0.39 is 4.92 Å². The fourth-order valence-corrected chi connectivity index (χ4v) is 2.40. The first-order chi connectivity index (χ1) is 10.0. The fraction of sp³-hybridized carbons (Fsp3) is 0.0714. The minimum Gasteiger partial charge on any atom is -0.488 e. The predicted molar refractivity (Wildman–Crippen MR) is 82.0 cm³/mol. The zero-order valence-electron chi connectivity index (χ0n) is 10.6. The molecule has 2 rings (SSSR count). The summed E-state index contributed by atoms with van der Waals surface area (Å²) in [4.78, 5) is 21.1. The van der Waals surface area contributed by atoms with Gasteiger partial charge in [0.15, 0.2) is 6.29 Å². The van der Waals surface area contributed by atoms with Gasteiger partial charge in [0.25, 0.3) is 5.69 Å². The largest absolute Gasteiger partial charge is 0.488 e. The van der Waals surface area contributed by atoms with E-state index >= 15 is 0 Å². The lowest BCUT2D eigenvalue weighted by atomic mass is 10.2. The monoisotopic (exact) mass is 369 g/mol. The molecule has 0 saturated heterocycles. The van der Waals surface area contributed by atoms with Crippen LogP contribution in [0.3, 0.4) is 0 Å². The smallest absolute Gasteiger partial charge is 0.270 e. The summed E-state index contributed by atoms with van der Waals surface area (Å²) >= 11 is 9.37. The number of rotatable bonds is 5. The lowest BCUT2D eigenvalue weighted by molar-refractivity contribution is -0.384. The van der Waals surface area contributed by atoms with Gasteiger partial charge < -0.3 is 4.74 Å². The second-order valence-corrected chi connectivity index (χ2v) is 5.44. The molecular weight excluding hydrogens is 362 g/mol. The molecule has 2 aromatic rings. The van der Waals surface area contributed by atoms with Crippen molar-refractivity contribution in [3.8, 4) is 5.75 Å². The third kappa shape index (κ3) is 3.80. The Bertz CT molecular complexity index is 705. The highest BCUT2D eigenvalue weighted by Gasteiger charge is 2.12. The van der Waals surface area contributed by atoms with E-state index in [0.717, 1.165) is 10.0 Å². The van der Waals surface area contributed by atoms with Gasteiger partial charge in [0.2, 0.25) is 0 Å². The summed E-state index contributed by atoms with van der Waals surface area (Å²) in [5.41, 5.74) is 0.707. The van der Waals surface area contributed by atoms with Crippen molar-refractivity contribution in [1.29, 1.82) is 0 Å². The van der Waals surface area contributed by atoms with E-state index in [9.17, 15) is 14.9 Å². The minimum atomic E-state index is -0.567. The average molecular weight is 371 g/mol. The standard InChI is InChI=1S/C14H9BrClNO4/c15-11-2-1-9(13(16)6-11)8-21-14-4-3-12(17(19)20)5-10(14)7-18/h1-7H,8H2. The third-order valence-corrected chi connectivity index (χ3v) is 3.57. The zero-order chi connectivity index (χ0) is 15.4. The summed E-state index contributed by atoms with van der Waals surface area (Å²) in [6.45, 7) is 0.158. The van der Waals surface area contributed by atoms with Crippen LogP contribution in [0.15, 0.2) is 40.9 Å². The van der Waals surface area contributed by atoms with Crippen LogP contribution in [-0.2, 0) is 6.61 Å². The van der Waals surface area contributed by atoms with Crippen LogP contribution < -0.4 is 4.74 Å². The fourth-order valence-electron chi connectivity index (χ4n) is 1.67. The summed E-state index contributed by atoms with van der Waals surface area (Å²) < 4.78 is 6.36. The molecule has 0 heterocycles. The average Bonchev–Trinajstić information content (AvgIpc) is 2.46. The van der Waals surface area contributed by atoms with Gasteiger partial charge in [0.1, 0.15) is 12.4 Å². The minimum absolute atomic E-state index is 0.123. The quantitative estimate of drug-likeness (QED) is 0.444. The summed E-state index contributed by atoms with van der Waals surface area (Å²) in [6, 6.07) is 9.20. The van der Waals surface area contributed by atoms with Gasteiger partial charge in [-0.3, -0.25) is 14.9 Å². The third-order valence-electron chi connectivity index (χ3n) is 2.73. The molecule has 0 aliphatic carbocycles. The van der Waals surface area contributed by atoms with E-state index in [2.05, 4.69) is 15.9 Å². The van der Waals surface area contributed by atoms with Crippen molar-refractivity contribution >= 4 is 39.5 Å². The van der Waals surface area contributed by atoms with Gasteiger partial charge in [-0.2, -0.15) is 0 Å².